The number of carbonyl (C=O) groups excluding carboxylic acids is 1. The van der Waals surface area contributed by atoms with Gasteiger partial charge in [0.25, 0.3) is 5.91 Å². The predicted octanol–water partition coefficient (Wildman–Crippen LogP) is 1.45. The van der Waals surface area contributed by atoms with Crippen LogP contribution in [0.3, 0.4) is 0 Å². The molecule has 2 aliphatic rings. The zero-order chi connectivity index (χ0) is 18.9. The van der Waals surface area contributed by atoms with Crippen LogP contribution in [0.2, 0.25) is 0 Å². The molecule has 7 nitrogen and oxygen atoms in total. The summed E-state index contributed by atoms with van der Waals surface area (Å²) in [7, 11) is -3.27. The third-order valence-corrected chi connectivity index (χ3v) is 6.83. The molecule has 3 rings (SSSR count). The van der Waals surface area contributed by atoms with Crippen molar-refractivity contribution >= 4 is 21.9 Å². The zero-order valence-corrected chi connectivity index (χ0v) is 15.5. The van der Waals surface area contributed by atoms with Crippen molar-refractivity contribution in [3.8, 4) is 0 Å². The second kappa shape index (κ2) is 7.36. The lowest BCUT2D eigenvalue weighted by Gasteiger charge is -2.24. The van der Waals surface area contributed by atoms with Crippen LogP contribution in [0.4, 0.5) is 0 Å². The highest BCUT2D eigenvalue weighted by Gasteiger charge is 2.49. The van der Waals surface area contributed by atoms with Crippen molar-refractivity contribution in [1.82, 2.24) is 9.62 Å². The molecular weight excluding hydrogens is 356 g/mol. The maximum atomic E-state index is 12.8. The first-order valence-corrected chi connectivity index (χ1v) is 10.6. The van der Waals surface area contributed by atoms with E-state index in [4.69, 9.17) is 0 Å². The van der Waals surface area contributed by atoms with Gasteiger partial charge in [-0.1, -0.05) is 18.6 Å². The molecule has 0 aromatic heterocycles. The molecule has 0 bridgehead atoms. The lowest BCUT2D eigenvalue weighted by Crippen LogP contribution is -2.43. The van der Waals surface area contributed by atoms with Crippen LogP contribution in [0.15, 0.2) is 24.3 Å². The van der Waals surface area contributed by atoms with Crippen molar-refractivity contribution in [1.29, 1.82) is 0 Å². The Morgan fingerprint density at radius 3 is 2.54 bits per heavy atom. The Morgan fingerprint density at radius 1 is 1.23 bits per heavy atom. The minimum atomic E-state index is -3.27. The highest BCUT2D eigenvalue weighted by molar-refractivity contribution is 7.89. The van der Waals surface area contributed by atoms with Crippen LogP contribution in [0, 0.1) is 11.8 Å². The van der Waals surface area contributed by atoms with Crippen LogP contribution in [0.1, 0.15) is 42.1 Å². The Morgan fingerprint density at radius 2 is 1.92 bits per heavy atom. The second-order valence-electron chi connectivity index (χ2n) is 7.02. The Labute approximate surface area is 153 Å². The number of nitrogens with zero attached hydrogens (tertiary/aromatic N) is 1. The average Bonchev–Trinajstić information content (AvgIpc) is 3.20. The Kier molecular flexibility index (Phi) is 5.34. The highest BCUT2D eigenvalue weighted by atomic mass is 32.2. The van der Waals surface area contributed by atoms with Gasteiger partial charge in [0.2, 0.25) is 10.0 Å². The molecule has 0 spiro atoms. The monoisotopic (exact) mass is 380 g/mol. The molecule has 0 radical (unpaired) electrons. The van der Waals surface area contributed by atoms with E-state index in [-0.39, 0.29) is 30.0 Å². The fourth-order valence-electron chi connectivity index (χ4n) is 4.06. The van der Waals surface area contributed by atoms with E-state index in [1.807, 2.05) is 0 Å². The molecule has 1 saturated carbocycles. The third kappa shape index (κ3) is 3.76. The number of aliphatic carboxylic acids is 1. The van der Waals surface area contributed by atoms with Crippen molar-refractivity contribution in [2.75, 3.05) is 12.3 Å². The molecule has 1 aromatic carbocycles. The Bertz CT molecular complexity index is 790. The molecule has 142 valence electrons. The first-order valence-electron chi connectivity index (χ1n) is 8.92. The molecule has 1 aliphatic heterocycles. The summed E-state index contributed by atoms with van der Waals surface area (Å²) in [6.07, 6.45) is 2.88. The normalized spacial score (nSPS) is 25.3. The summed E-state index contributed by atoms with van der Waals surface area (Å²) in [5, 5.41) is 9.58. The standard InChI is InChI=1S/C18H24N2O5S/c1-2-26(24,25)19-10-12-6-8-13(9-7-12)17(21)20-11-14-4-3-5-15(14)16(20)18(22)23/h6-9,14-16,19H,2-5,10-11H2,1H3,(H,22,23). The molecule has 2 fully saturated rings. The van der Waals surface area contributed by atoms with E-state index in [0.717, 1.165) is 24.8 Å². The number of hydrogen-bond donors (Lipinski definition) is 2. The minimum absolute atomic E-state index is 0.0113. The molecule has 1 amide bonds. The molecule has 8 heteroatoms. The lowest BCUT2D eigenvalue weighted by atomic mass is 9.94. The van der Waals surface area contributed by atoms with Crippen LogP contribution in [0.25, 0.3) is 0 Å². The minimum Gasteiger partial charge on any atom is -0.480 e. The van der Waals surface area contributed by atoms with Crippen molar-refractivity contribution in [3.63, 3.8) is 0 Å². The number of amides is 1. The van der Waals surface area contributed by atoms with Gasteiger partial charge in [0, 0.05) is 18.7 Å². The number of carboxylic acid groups (broad SMARTS) is 1. The summed E-state index contributed by atoms with van der Waals surface area (Å²) in [5.74, 6) is -0.856. The predicted molar refractivity (Wildman–Crippen MR) is 96.0 cm³/mol. The molecule has 2 N–H and O–H groups in total. The number of carboxylic acids is 1. The summed E-state index contributed by atoms with van der Waals surface area (Å²) < 4.78 is 25.5. The summed E-state index contributed by atoms with van der Waals surface area (Å²) in [4.78, 5) is 26.0. The number of fused-ring (bicyclic) bond motifs is 1. The van der Waals surface area contributed by atoms with E-state index in [2.05, 4.69) is 4.72 Å². The molecule has 1 aromatic rings. The summed E-state index contributed by atoms with van der Waals surface area (Å²) in [5.41, 5.74) is 1.17. The number of likely N-dealkylation sites (tertiary alicyclic amines) is 1. The van der Waals surface area contributed by atoms with Crippen LogP contribution >= 0.6 is 0 Å². The summed E-state index contributed by atoms with van der Waals surface area (Å²) in [6.45, 7) is 2.23. The molecule has 1 aliphatic carbocycles. The SMILES string of the molecule is CCS(=O)(=O)NCc1ccc(C(=O)N2CC3CCCC3C2C(=O)O)cc1. The third-order valence-electron chi connectivity index (χ3n) is 5.48. The molecule has 3 unspecified atom stereocenters. The van der Waals surface area contributed by atoms with E-state index in [1.165, 1.54) is 4.90 Å². The van der Waals surface area contributed by atoms with Crippen molar-refractivity contribution in [3.05, 3.63) is 35.4 Å². The van der Waals surface area contributed by atoms with E-state index in [1.54, 1.807) is 31.2 Å². The largest absolute Gasteiger partial charge is 0.480 e. The van der Waals surface area contributed by atoms with Gasteiger partial charge < -0.3 is 10.0 Å². The first kappa shape index (κ1) is 18.8. The van der Waals surface area contributed by atoms with Gasteiger partial charge in [0.15, 0.2) is 0 Å². The number of rotatable bonds is 6. The molecular formula is C18H24N2O5S. The fraction of sp³-hybridized carbons (Fsp3) is 0.556. The number of hydrogen-bond acceptors (Lipinski definition) is 4. The average molecular weight is 380 g/mol. The zero-order valence-electron chi connectivity index (χ0n) is 14.7. The Balaban J connectivity index is 1.71. The maximum Gasteiger partial charge on any atom is 0.326 e. The van der Waals surface area contributed by atoms with Gasteiger partial charge >= 0.3 is 5.97 Å². The van der Waals surface area contributed by atoms with E-state index >= 15 is 0 Å². The molecule has 1 saturated heterocycles. The number of carbonyl (C=O) groups is 2. The lowest BCUT2D eigenvalue weighted by molar-refractivity contribution is -0.142. The van der Waals surface area contributed by atoms with Crippen molar-refractivity contribution in [2.24, 2.45) is 11.8 Å². The summed E-state index contributed by atoms with van der Waals surface area (Å²) >= 11 is 0. The second-order valence-corrected chi connectivity index (χ2v) is 9.11. The maximum absolute atomic E-state index is 12.8. The molecule has 26 heavy (non-hydrogen) atoms. The Hall–Kier alpha value is -1.93. The quantitative estimate of drug-likeness (QED) is 0.777. The highest BCUT2D eigenvalue weighted by Crippen LogP contribution is 2.42. The van der Waals surface area contributed by atoms with Crippen LogP contribution in [-0.2, 0) is 21.4 Å². The van der Waals surface area contributed by atoms with Crippen molar-refractivity contribution in [2.45, 2.75) is 38.8 Å². The smallest absolute Gasteiger partial charge is 0.326 e. The van der Waals surface area contributed by atoms with Gasteiger partial charge in [0.1, 0.15) is 6.04 Å². The number of benzene rings is 1. The molecule has 3 atom stereocenters. The number of nitrogens with one attached hydrogen (secondary N) is 1. The van der Waals surface area contributed by atoms with E-state index in [0.29, 0.717) is 12.1 Å². The summed E-state index contributed by atoms with van der Waals surface area (Å²) in [6, 6.07) is 5.90. The van der Waals surface area contributed by atoms with Crippen LogP contribution < -0.4 is 4.72 Å². The van der Waals surface area contributed by atoms with Crippen molar-refractivity contribution < 1.29 is 23.1 Å². The fourth-order valence-corrected chi connectivity index (χ4v) is 4.65. The van der Waals surface area contributed by atoms with E-state index in [9.17, 15) is 23.1 Å². The first-order chi connectivity index (χ1) is 12.3. The van der Waals surface area contributed by atoms with Crippen LogP contribution in [-0.4, -0.2) is 48.6 Å². The van der Waals surface area contributed by atoms with Gasteiger partial charge in [-0.15, -0.1) is 0 Å². The number of sulfonamides is 1. The van der Waals surface area contributed by atoms with Gasteiger partial charge in [-0.25, -0.2) is 17.9 Å². The van der Waals surface area contributed by atoms with E-state index < -0.39 is 22.0 Å². The van der Waals surface area contributed by atoms with Gasteiger partial charge in [-0.3, -0.25) is 4.79 Å². The van der Waals surface area contributed by atoms with Gasteiger partial charge in [0.05, 0.1) is 5.75 Å². The van der Waals surface area contributed by atoms with Gasteiger partial charge in [-0.2, -0.15) is 0 Å². The van der Waals surface area contributed by atoms with Crippen LogP contribution in [0.5, 0.6) is 0 Å². The van der Waals surface area contributed by atoms with Gasteiger partial charge in [-0.05, 0) is 49.3 Å². The topological polar surface area (TPSA) is 104 Å². The molecule has 1 heterocycles.